The first kappa shape index (κ1) is 21.4. The van der Waals surface area contributed by atoms with Gasteiger partial charge >= 0.3 is 0 Å². The number of nitrogens with zero attached hydrogens (tertiary/aromatic N) is 2. The summed E-state index contributed by atoms with van der Waals surface area (Å²) >= 11 is 1.17. The summed E-state index contributed by atoms with van der Waals surface area (Å²) < 4.78 is 27.1. The number of hydrogen-bond donors (Lipinski definition) is 2. The van der Waals surface area contributed by atoms with Gasteiger partial charge < -0.3 is 5.32 Å². The largest absolute Gasteiger partial charge is 0.326 e. The highest BCUT2D eigenvalue weighted by Gasteiger charge is 2.47. The minimum atomic E-state index is -3.77. The minimum Gasteiger partial charge on any atom is -0.326 e. The zero-order valence-corrected chi connectivity index (χ0v) is 18.2. The lowest BCUT2D eigenvalue weighted by Gasteiger charge is -2.19. The number of nitrogens with one attached hydrogen (secondary N) is 2. The Kier molecular flexibility index (Phi) is 6.05. The fourth-order valence-corrected chi connectivity index (χ4v) is 5.84. The highest BCUT2D eigenvalue weighted by Crippen LogP contribution is 2.38. The number of rotatable bonds is 7. The number of aromatic nitrogens is 1. The first-order chi connectivity index (χ1) is 14.8. The molecule has 9 nitrogen and oxygen atoms in total. The van der Waals surface area contributed by atoms with Crippen LogP contribution in [-0.4, -0.2) is 42.6 Å². The topological polar surface area (TPSA) is 126 Å². The summed E-state index contributed by atoms with van der Waals surface area (Å²) in [4.78, 5) is 42.4. The number of likely N-dealkylation sites (tertiary alicyclic amines) is 1. The molecule has 0 spiro atoms. The van der Waals surface area contributed by atoms with E-state index in [4.69, 9.17) is 0 Å². The summed E-state index contributed by atoms with van der Waals surface area (Å²) in [6.07, 6.45) is 4.88. The van der Waals surface area contributed by atoms with Gasteiger partial charge in [0.2, 0.25) is 17.7 Å². The zero-order chi connectivity index (χ0) is 22.0. The molecule has 2 N–H and O–H groups in total. The van der Waals surface area contributed by atoms with E-state index in [0.29, 0.717) is 5.69 Å². The third-order valence-corrected chi connectivity index (χ3v) is 7.77. The lowest BCUT2D eigenvalue weighted by molar-refractivity contribution is -0.140. The van der Waals surface area contributed by atoms with Gasteiger partial charge in [-0.2, -0.15) is 0 Å². The molecular weight excluding hydrogens is 440 g/mol. The van der Waals surface area contributed by atoms with Crippen molar-refractivity contribution < 1.29 is 22.8 Å². The Labute approximate surface area is 183 Å². The third kappa shape index (κ3) is 4.62. The molecule has 11 heteroatoms. The number of carbonyl (C=O) groups is 3. The fraction of sp³-hybridized carbons (Fsp3) is 0.400. The van der Waals surface area contributed by atoms with Gasteiger partial charge in [0.15, 0.2) is 5.13 Å². The molecule has 1 saturated heterocycles. The molecule has 2 atom stereocenters. The number of carbonyl (C=O) groups excluding carboxylic acids is 3. The van der Waals surface area contributed by atoms with Gasteiger partial charge in [-0.25, -0.2) is 13.4 Å². The van der Waals surface area contributed by atoms with Gasteiger partial charge in [-0.05, 0) is 37.1 Å². The van der Waals surface area contributed by atoms with E-state index in [2.05, 4.69) is 15.0 Å². The van der Waals surface area contributed by atoms with Crippen molar-refractivity contribution in [2.75, 3.05) is 16.6 Å². The molecule has 2 aromatic rings. The van der Waals surface area contributed by atoms with Crippen LogP contribution < -0.4 is 10.0 Å². The first-order valence-electron chi connectivity index (χ1n) is 10.0. The van der Waals surface area contributed by atoms with E-state index in [1.165, 1.54) is 46.7 Å². The Morgan fingerprint density at radius 3 is 2.32 bits per heavy atom. The van der Waals surface area contributed by atoms with Gasteiger partial charge in [0.1, 0.15) is 0 Å². The summed E-state index contributed by atoms with van der Waals surface area (Å²) in [6, 6.07) is 5.72. The molecule has 1 saturated carbocycles. The van der Waals surface area contributed by atoms with Crippen LogP contribution in [0.15, 0.2) is 40.7 Å². The molecule has 1 aliphatic carbocycles. The molecule has 2 aliphatic rings. The first-order valence-corrected chi connectivity index (χ1v) is 12.4. The number of amides is 3. The molecule has 2 heterocycles. The third-order valence-electron chi connectivity index (χ3n) is 5.60. The van der Waals surface area contributed by atoms with E-state index in [0.717, 1.165) is 25.7 Å². The predicted octanol–water partition coefficient (Wildman–Crippen LogP) is 2.45. The SMILES string of the molecule is O=C(CCN1C(=O)C2CCCCC2C1=O)Nc1ccc(S(=O)(=O)Nc2nccs2)cc1. The quantitative estimate of drug-likeness (QED) is 0.609. The van der Waals surface area contributed by atoms with Crippen LogP contribution in [0.2, 0.25) is 0 Å². The van der Waals surface area contributed by atoms with Crippen LogP contribution in [0.3, 0.4) is 0 Å². The second-order valence-electron chi connectivity index (χ2n) is 7.59. The maximum atomic E-state index is 12.5. The maximum absolute atomic E-state index is 12.5. The Hall–Kier alpha value is -2.79. The monoisotopic (exact) mass is 462 g/mol. The number of benzene rings is 1. The van der Waals surface area contributed by atoms with Crippen molar-refractivity contribution >= 4 is 49.9 Å². The van der Waals surface area contributed by atoms with Crippen molar-refractivity contribution in [2.45, 2.75) is 37.0 Å². The fourth-order valence-electron chi connectivity index (χ4n) is 4.05. The van der Waals surface area contributed by atoms with Crippen LogP contribution in [0.5, 0.6) is 0 Å². The number of imide groups is 1. The summed E-state index contributed by atoms with van der Waals surface area (Å²) in [6.45, 7) is 0.0562. The Morgan fingerprint density at radius 2 is 1.74 bits per heavy atom. The Balaban J connectivity index is 1.32. The average Bonchev–Trinajstić information content (AvgIpc) is 3.34. The number of thiazole rings is 1. The smallest absolute Gasteiger partial charge is 0.263 e. The van der Waals surface area contributed by atoms with E-state index in [1.807, 2.05) is 0 Å². The van der Waals surface area contributed by atoms with Crippen molar-refractivity contribution in [1.29, 1.82) is 0 Å². The van der Waals surface area contributed by atoms with Crippen LogP contribution >= 0.6 is 11.3 Å². The highest BCUT2D eigenvalue weighted by molar-refractivity contribution is 7.93. The van der Waals surface area contributed by atoms with Crippen LogP contribution in [0.25, 0.3) is 0 Å². The highest BCUT2D eigenvalue weighted by atomic mass is 32.2. The molecular formula is C20H22N4O5S2. The van der Waals surface area contributed by atoms with Gasteiger partial charge in [-0.1, -0.05) is 12.8 Å². The Morgan fingerprint density at radius 1 is 1.10 bits per heavy atom. The van der Waals surface area contributed by atoms with Gasteiger partial charge in [-0.15, -0.1) is 11.3 Å². The number of sulfonamides is 1. The van der Waals surface area contributed by atoms with E-state index in [-0.39, 0.29) is 52.5 Å². The molecule has 1 aromatic heterocycles. The number of hydrogen-bond acceptors (Lipinski definition) is 7. The average molecular weight is 463 g/mol. The van der Waals surface area contributed by atoms with Crippen LogP contribution in [0.1, 0.15) is 32.1 Å². The van der Waals surface area contributed by atoms with Crippen molar-refractivity contribution in [3.63, 3.8) is 0 Å². The van der Waals surface area contributed by atoms with Gasteiger partial charge in [0.25, 0.3) is 10.0 Å². The second kappa shape index (κ2) is 8.75. The van der Waals surface area contributed by atoms with Crippen molar-refractivity contribution in [2.24, 2.45) is 11.8 Å². The molecule has 1 aromatic carbocycles. The summed E-state index contributed by atoms with van der Waals surface area (Å²) in [5.74, 6) is -1.13. The molecule has 31 heavy (non-hydrogen) atoms. The van der Waals surface area contributed by atoms with E-state index in [1.54, 1.807) is 5.38 Å². The lowest BCUT2D eigenvalue weighted by atomic mass is 9.81. The molecule has 4 rings (SSSR count). The van der Waals surface area contributed by atoms with Crippen LogP contribution in [0, 0.1) is 11.8 Å². The van der Waals surface area contributed by atoms with Gasteiger partial charge in [0, 0.05) is 30.2 Å². The van der Waals surface area contributed by atoms with Gasteiger partial charge in [-0.3, -0.25) is 24.0 Å². The van der Waals surface area contributed by atoms with Crippen molar-refractivity contribution in [1.82, 2.24) is 9.88 Å². The maximum Gasteiger partial charge on any atom is 0.263 e. The zero-order valence-electron chi connectivity index (χ0n) is 16.6. The summed E-state index contributed by atoms with van der Waals surface area (Å²) in [7, 11) is -3.77. The van der Waals surface area contributed by atoms with Crippen LogP contribution in [-0.2, 0) is 24.4 Å². The predicted molar refractivity (Wildman–Crippen MR) is 115 cm³/mol. The van der Waals surface area contributed by atoms with E-state index in [9.17, 15) is 22.8 Å². The van der Waals surface area contributed by atoms with Crippen molar-refractivity contribution in [3.8, 4) is 0 Å². The molecule has 2 fully saturated rings. The summed E-state index contributed by atoms with van der Waals surface area (Å²) in [5.41, 5.74) is 0.422. The lowest BCUT2D eigenvalue weighted by Crippen LogP contribution is -2.34. The second-order valence-corrected chi connectivity index (χ2v) is 10.2. The summed E-state index contributed by atoms with van der Waals surface area (Å²) in [5, 5.41) is 4.60. The normalized spacial score (nSPS) is 21.1. The molecule has 0 radical (unpaired) electrons. The van der Waals surface area contributed by atoms with Gasteiger partial charge in [0.05, 0.1) is 16.7 Å². The van der Waals surface area contributed by atoms with E-state index < -0.39 is 10.0 Å². The Bertz CT molecular complexity index is 1060. The standard InChI is InChI=1S/C20H22N4O5S2/c25-17(9-11-24-18(26)15-3-1-2-4-16(15)19(24)27)22-13-5-7-14(8-6-13)31(28,29)23-20-21-10-12-30-20/h5-8,10,12,15-16H,1-4,9,11H2,(H,21,23)(H,22,25). The molecule has 2 unspecified atom stereocenters. The number of anilines is 2. The minimum absolute atomic E-state index is 0.0113. The molecule has 0 bridgehead atoms. The molecule has 164 valence electrons. The van der Waals surface area contributed by atoms with Crippen LogP contribution in [0.4, 0.5) is 10.8 Å². The van der Waals surface area contributed by atoms with Crippen molar-refractivity contribution in [3.05, 3.63) is 35.8 Å². The molecule has 3 amide bonds. The van der Waals surface area contributed by atoms with E-state index >= 15 is 0 Å². The number of fused-ring (bicyclic) bond motifs is 1. The molecule has 1 aliphatic heterocycles.